The zero-order valence-corrected chi connectivity index (χ0v) is 17.2. The highest BCUT2D eigenvalue weighted by atomic mass is 16.7. The molecule has 28 heavy (non-hydrogen) atoms. The van der Waals surface area contributed by atoms with E-state index in [0.29, 0.717) is 6.42 Å². The minimum atomic E-state index is -1.46. The molecule has 2 fully saturated rings. The van der Waals surface area contributed by atoms with E-state index in [1.807, 2.05) is 20.8 Å². The van der Waals surface area contributed by atoms with E-state index in [1.54, 1.807) is 0 Å². The summed E-state index contributed by atoms with van der Waals surface area (Å²) in [6.45, 7) is 7.51. The van der Waals surface area contributed by atoms with Crippen LogP contribution in [0.2, 0.25) is 0 Å². The molecule has 3 rings (SSSR count). The number of Topliss-reactive ketones (excluding diaryl/α,β-unsaturated/α-hetero) is 1. The molecular formula is C21H34O7. The van der Waals surface area contributed by atoms with Crippen LogP contribution < -0.4 is 0 Å². The van der Waals surface area contributed by atoms with Crippen molar-refractivity contribution in [1.82, 2.24) is 0 Å². The number of hydrogen-bond donors (Lipinski definition) is 4. The smallest absolute Gasteiger partial charge is 0.187 e. The van der Waals surface area contributed by atoms with Gasteiger partial charge in [0.15, 0.2) is 12.1 Å². The van der Waals surface area contributed by atoms with Crippen LogP contribution in [0.15, 0.2) is 11.1 Å². The van der Waals surface area contributed by atoms with E-state index in [9.17, 15) is 25.2 Å². The standard InChI is InChI=1S/C21H34O7/c1-11-13-9-12(5-7-21(13,4)8-6-14(11)23)20(2,3)28-19-18(26)17(25)16(24)15(10-22)27-19/h12,15-19,22,24-26H,5-10H2,1-4H3/t12-,15+,16+,17-,18+,19-,21-/m0/s1. The number of rotatable bonds is 4. The number of carbonyl (C=O) groups excluding carboxylic acids is 1. The second-order valence-corrected chi connectivity index (χ2v) is 9.45. The lowest BCUT2D eigenvalue weighted by Gasteiger charge is -2.49. The van der Waals surface area contributed by atoms with Crippen molar-refractivity contribution in [2.75, 3.05) is 6.61 Å². The molecule has 2 aliphatic carbocycles. The highest BCUT2D eigenvalue weighted by Gasteiger charge is 2.49. The molecular weight excluding hydrogens is 364 g/mol. The number of aliphatic hydroxyl groups is 4. The summed E-state index contributed by atoms with van der Waals surface area (Å²) in [5, 5.41) is 39.6. The molecule has 0 radical (unpaired) electrons. The van der Waals surface area contributed by atoms with Crippen LogP contribution in [0.25, 0.3) is 0 Å². The van der Waals surface area contributed by atoms with Gasteiger partial charge in [-0.25, -0.2) is 0 Å². The first-order valence-electron chi connectivity index (χ1n) is 10.2. The Hall–Kier alpha value is -0.830. The summed E-state index contributed by atoms with van der Waals surface area (Å²) in [6.07, 6.45) is -2.27. The Morgan fingerprint density at radius 2 is 1.86 bits per heavy atom. The quantitative estimate of drug-likeness (QED) is 0.560. The maximum atomic E-state index is 12.2. The first-order chi connectivity index (χ1) is 13.0. The number of aliphatic hydroxyl groups excluding tert-OH is 4. The van der Waals surface area contributed by atoms with Crippen LogP contribution in [0.5, 0.6) is 0 Å². The summed E-state index contributed by atoms with van der Waals surface area (Å²) in [7, 11) is 0. The van der Waals surface area contributed by atoms with Crippen LogP contribution in [-0.4, -0.2) is 69.1 Å². The van der Waals surface area contributed by atoms with Gasteiger partial charge < -0.3 is 29.9 Å². The predicted molar refractivity (Wildman–Crippen MR) is 101 cm³/mol. The predicted octanol–water partition coefficient (Wildman–Crippen LogP) is 1.07. The van der Waals surface area contributed by atoms with Gasteiger partial charge in [0, 0.05) is 6.42 Å². The van der Waals surface area contributed by atoms with Crippen molar-refractivity contribution >= 4 is 5.78 Å². The van der Waals surface area contributed by atoms with E-state index in [2.05, 4.69) is 6.92 Å². The van der Waals surface area contributed by atoms with Crippen LogP contribution in [-0.2, 0) is 14.3 Å². The molecule has 1 saturated heterocycles. The molecule has 0 aromatic rings. The molecule has 4 N–H and O–H groups in total. The zero-order valence-electron chi connectivity index (χ0n) is 17.2. The summed E-state index contributed by atoms with van der Waals surface area (Å²) in [6, 6.07) is 0. The first kappa shape index (κ1) is 21.9. The van der Waals surface area contributed by atoms with E-state index < -0.39 is 42.9 Å². The second kappa shape index (κ2) is 7.78. The van der Waals surface area contributed by atoms with E-state index in [1.165, 1.54) is 5.57 Å². The zero-order chi connectivity index (χ0) is 20.9. The molecule has 3 aliphatic rings. The molecule has 7 atom stereocenters. The van der Waals surface area contributed by atoms with Crippen LogP contribution in [0.1, 0.15) is 59.8 Å². The van der Waals surface area contributed by atoms with Gasteiger partial charge in [0.1, 0.15) is 24.4 Å². The van der Waals surface area contributed by atoms with Crippen molar-refractivity contribution in [2.24, 2.45) is 11.3 Å². The molecule has 160 valence electrons. The average molecular weight is 398 g/mol. The minimum absolute atomic E-state index is 0.0632. The van der Waals surface area contributed by atoms with Gasteiger partial charge in [0.2, 0.25) is 0 Å². The van der Waals surface area contributed by atoms with Crippen molar-refractivity contribution in [3.8, 4) is 0 Å². The second-order valence-electron chi connectivity index (χ2n) is 9.45. The van der Waals surface area contributed by atoms with E-state index in [-0.39, 0.29) is 17.1 Å². The van der Waals surface area contributed by atoms with E-state index >= 15 is 0 Å². The van der Waals surface area contributed by atoms with Gasteiger partial charge in [-0.1, -0.05) is 12.5 Å². The normalized spacial score (nSPS) is 42.5. The lowest BCUT2D eigenvalue weighted by molar-refractivity contribution is -0.329. The monoisotopic (exact) mass is 398 g/mol. The third kappa shape index (κ3) is 3.80. The minimum Gasteiger partial charge on any atom is -0.394 e. The Bertz CT molecular complexity index is 641. The van der Waals surface area contributed by atoms with Gasteiger partial charge in [-0.15, -0.1) is 0 Å². The van der Waals surface area contributed by atoms with Gasteiger partial charge in [-0.05, 0) is 63.4 Å². The summed E-state index contributed by atoms with van der Waals surface area (Å²) < 4.78 is 11.6. The fourth-order valence-corrected chi connectivity index (χ4v) is 5.02. The van der Waals surface area contributed by atoms with Crippen LogP contribution in [0.4, 0.5) is 0 Å². The molecule has 7 heteroatoms. The van der Waals surface area contributed by atoms with Crippen molar-refractivity contribution < 1.29 is 34.7 Å². The van der Waals surface area contributed by atoms with E-state index in [4.69, 9.17) is 9.47 Å². The Balaban J connectivity index is 1.76. The summed E-state index contributed by atoms with van der Waals surface area (Å²) >= 11 is 0. The Morgan fingerprint density at radius 1 is 1.18 bits per heavy atom. The number of fused-ring (bicyclic) bond motifs is 1. The third-order valence-electron chi connectivity index (χ3n) is 7.25. The van der Waals surface area contributed by atoms with Crippen molar-refractivity contribution in [1.29, 1.82) is 0 Å². The fourth-order valence-electron chi connectivity index (χ4n) is 5.02. The number of allylic oxidation sites excluding steroid dienone is 2. The fraction of sp³-hybridized carbons (Fsp3) is 0.857. The van der Waals surface area contributed by atoms with Crippen LogP contribution in [0, 0.1) is 11.3 Å². The van der Waals surface area contributed by atoms with Crippen molar-refractivity contribution in [3.63, 3.8) is 0 Å². The summed E-state index contributed by atoms with van der Waals surface area (Å²) in [5.74, 6) is 0.338. The molecule has 0 spiro atoms. The van der Waals surface area contributed by atoms with Gasteiger partial charge in [0.05, 0.1) is 12.2 Å². The average Bonchev–Trinajstić information content (AvgIpc) is 2.65. The molecule has 0 aromatic carbocycles. The molecule has 1 aliphatic heterocycles. The Morgan fingerprint density at radius 3 is 2.50 bits per heavy atom. The Labute approximate surface area is 166 Å². The van der Waals surface area contributed by atoms with Crippen molar-refractivity contribution in [2.45, 2.75) is 96.1 Å². The topological polar surface area (TPSA) is 116 Å². The third-order valence-corrected chi connectivity index (χ3v) is 7.25. The number of ketones is 1. The van der Waals surface area contributed by atoms with Gasteiger partial charge >= 0.3 is 0 Å². The molecule has 0 bridgehead atoms. The molecule has 0 amide bonds. The Kier molecular flexibility index (Phi) is 6.07. The van der Waals surface area contributed by atoms with Crippen LogP contribution >= 0.6 is 0 Å². The molecule has 0 aromatic heterocycles. The van der Waals surface area contributed by atoms with Gasteiger partial charge in [-0.3, -0.25) is 4.79 Å². The highest BCUT2D eigenvalue weighted by molar-refractivity contribution is 5.96. The SMILES string of the molecule is CC1=C2C[C@@H](C(C)(C)O[C@@H]3O[C@H](CO)[C@@H](O)[C@H](O)[C@H]3O)CC[C@@]2(C)CCC1=O. The molecule has 1 saturated carbocycles. The lowest BCUT2D eigenvalue weighted by Crippen LogP contribution is -2.61. The van der Waals surface area contributed by atoms with E-state index in [0.717, 1.165) is 31.3 Å². The highest BCUT2D eigenvalue weighted by Crippen LogP contribution is 2.52. The van der Waals surface area contributed by atoms with Crippen LogP contribution in [0.3, 0.4) is 0 Å². The molecule has 1 heterocycles. The van der Waals surface area contributed by atoms with Gasteiger partial charge in [0.25, 0.3) is 0 Å². The first-order valence-corrected chi connectivity index (χ1v) is 10.2. The number of ether oxygens (including phenoxy) is 2. The number of hydrogen-bond acceptors (Lipinski definition) is 7. The molecule has 7 nitrogen and oxygen atoms in total. The molecule has 0 unspecified atom stereocenters. The van der Waals surface area contributed by atoms with Crippen molar-refractivity contribution in [3.05, 3.63) is 11.1 Å². The number of carbonyl (C=O) groups is 1. The summed E-state index contributed by atoms with van der Waals surface area (Å²) in [5.41, 5.74) is 1.46. The van der Waals surface area contributed by atoms with Gasteiger partial charge in [-0.2, -0.15) is 0 Å². The maximum absolute atomic E-state index is 12.2. The maximum Gasteiger partial charge on any atom is 0.187 e. The lowest BCUT2D eigenvalue weighted by atomic mass is 9.59. The summed E-state index contributed by atoms with van der Waals surface area (Å²) in [4.78, 5) is 12.2. The largest absolute Gasteiger partial charge is 0.394 e.